The summed E-state index contributed by atoms with van der Waals surface area (Å²) in [5.74, 6) is -1.24. The second kappa shape index (κ2) is 8.85. The maximum Gasteiger partial charge on any atom is 0.344 e. The molecule has 0 atom stereocenters. The third kappa shape index (κ3) is 4.27. The van der Waals surface area contributed by atoms with Crippen molar-refractivity contribution in [1.29, 1.82) is 0 Å². The molecule has 1 aliphatic carbocycles. The molecule has 0 saturated heterocycles. The van der Waals surface area contributed by atoms with E-state index in [1.165, 1.54) is 18.2 Å². The molecule has 160 valence electrons. The Balaban J connectivity index is 1.35. The van der Waals surface area contributed by atoms with Crippen molar-refractivity contribution in [3.05, 3.63) is 94.5 Å². The van der Waals surface area contributed by atoms with Crippen molar-refractivity contribution in [2.24, 2.45) is 0 Å². The topological polar surface area (TPSA) is 98.8 Å². The number of nitrogens with one attached hydrogen (secondary N) is 1. The Morgan fingerprint density at radius 3 is 2.12 bits per heavy atom. The van der Waals surface area contributed by atoms with Gasteiger partial charge in [0.1, 0.15) is 5.75 Å². The molecule has 0 spiro atoms. The van der Waals surface area contributed by atoms with E-state index in [-0.39, 0.29) is 29.3 Å². The third-order valence-electron chi connectivity index (χ3n) is 5.01. The first-order valence-electron chi connectivity index (χ1n) is 9.90. The van der Waals surface area contributed by atoms with Gasteiger partial charge in [-0.25, -0.2) is 4.79 Å². The van der Waals surface area contributed by atoms with Gasteiger partial charge in [-0.2, -0.15) is 0 Å². The summed E-state index contributed by atoms with van der Waals surface area (Å²) in [6.45, 7) is 1.01. The van der Waals surface area contributed by atoms with Crippen LogP contribution in [0.15, 0.2) is 66.7 Å². The fourth-order valence-corrected chi connectivity index (χ4v) is 3.42. The number of esters is 1. The Labute approximate surface area is 184 Å². The summed E-state index contributed by atoms with van der Waals surface area (Å²) in [5, 5.41) is 2.57. The molecule has 0 saturated carbocycles. The Bertz CT molecular complexity index is 1250. The minimum atomic E-state index is -0.689. The van der Waals surface area contributed by atoms with Crippen LogP contribution >= 0.6 is 0 Å². The SMILES string of the molecule is Cc1ccccc1OCC(=O)OCC(=O)Nc1ccc2c(c1)C(=O)c1ccccc1C2=O. The van der Waals surface area contributed by atoms with Crippen LogP contribution in [0.25, 0.3) is 0 Å². The molecule has 7 nitrogen and oxygen atoms in total. The van der Waals surface area contributed by atoms with Crippen molar-refractivity contribution in [2.75, 3.05) is 18.5 Å². The first kappa shape index (κ1) is 21.0. The highest BCUT2D eigenvalue weighted by Crippen LogP contribution is 2.29. The van der Waals surface area contributed by atoms with Crippen LogP contribution < -0.4 is 10.1 Å². The normalized spacial score (nSPS) is 11.9. The number of amides is 1. The number of rotatable bonds is 6. The number of hydrogen-bond acceptors (Lipinski definition) is 6. The summed E-state index contributed by atoms with van der Waals surface area (Å²) in [7, 11) is 0. The lowest BCUT2D eigenvalue weighted by molar-refractivity contribution is -0.149. The highest BCUT2D eigenvalue weighted by molar-refractivity contribution is 6.28. The lowest BCUT2D eigenvalue weighted by Crippen LogP contribution is -2.24. The van der Waals surface area contributed by atoms with Gasteiger partial charge in [-0.15, -0.1) is 0 Å². The predicted octanol–water partition coefficient (Wildman–Crippen LogP) is 3.33. The molecule has 0 fully saturated rings. The molecular weight excluding hydrogens is 410 g/mol. The zero-order chi connectivity index (χ0) is 22.7. The first-order valence-corrected chi connectivity index (χ1v) is 9.90. The van der Waals surface area contributed by atoms with Gasteiger partial charge in [0, 0.05) is 27.9 Å². The van der Waals surface area contributed by atoms with Gasteiger partial charge in [-0.1, -0.05) is 42.5 Å². The quantitative estimate of drug-likeness (QED) is 0.472. The summed E-state index contributed by atoms with van der Waals surface area (Å²) < 4.78 is 10.3. The van der Waals surface area contributed by atoms with Gasteiger partial charge in [0.25, 0.3) is 5.91 Å². The highest BCUT2D eigenvalue weighted by atomic mass is 16.6. The van der Waals surface area contributed by atoms with Gasteiger partial charge >= 0.3 is 5.97 Å². The van der Waals surface area contributed by atoms with Crippen molar-refractivity contribution in [2.45, 2.75) is 6.92 Å². The van der Waals surface area contributed by atoms with Crippen LogP contribution in [0.4, 0.5) is 5.69 Å². The molecule has 0 heterocycles. The number of benzene rings is 3. The van der Waals surface area contributed by atoms with E-state index < -0.39 is 18.5 Å². The summed E-state index contributed by atoms with van der Waals surface area (Å²) >= 11 is 0. The van der Waals surface area contributed by atoms with Gasteiger partial charge in [-0.3, -0.25) is 14.4 Å². The molecule has 3 aromatic rings. The zero-order valence-electron chi connectivity index (χ0n) is 17.2. The number of anilines is 1. The lowest BCUT2D eigenvalue weighted by atomic mass is 9.84. The predicted molar refractivity (Wildman–Crippen MR) is 116 cm³/mol. The van der Waals surface area contributed by atoms with Crippen molar-refractivity contribution >= 4 is 29.1 Å². The Kier molecular flexibility index (Phi) is 5.81. The summed E-state index contributed by atoms with van der Waals surface area (Å²) in [4.78, 5) is 49.5. The second-order valence-electron chi connectivity index (χ2n) is 7.23. The van der Waals surface area contributed by atoms with E-state index in [2.05, 4.69) is 5.32 Å². The minimum absolute atomic E-state index is 0.218. The number of ketones is 2. The number of para-hydroxylation sites is 1. The molecule has 4 rings (SSSR count). The molecule has 1 amide bonds. The van der Waals surface area contributed by atoms with E-state index >= 15 is 0 Å². The Morgan fingerprint density at radius 2 is 1.41 bits per heavy atom. The number of ether oxygens (including phenoxy) is 2. The number of fused-ring (bicyclic) bond motifs is 2. The fraction of sp³-hybridized carbons (Fsp3) is 0.120. The van der Waals surface area contributed by atoms with Gasteiger partial charge < -0.3 is 14.8 Å². The maximum atomic E-state index is 12.8. The molecule has 7 heteroatoms. The standard InChI is InChI=1S/C25H19NO6/c1-15-6-2-5-9-21(15)31-14-23(28)32-13-22(27)26-16-10-11-19-20(12-16)25(30)18-8-4-3-7-17(18)24(19)29/h2-12H,13-14H2,1H3,(H,26,27). The van der Waals surface area contributed by atoms with E-state index in [0.29, 0.717) is 22.6 Å². The van der Waals surface area contributed by atoms with E-state index in [4.69, 9.17) is 9.47 Å². The molecule has 1 N–H and O–H groups in total. The third-order valence-corrected chi connectivity index (χ3v) is 5.01. The van der Waals surface area contributed by atoms with Gasteiger partial charge in [0.15, 0.2) is 24.8 Å². The van der Waals surface area contributed by atoms with Crippen LogP contribution in [0.2, 0.25) is 0 Å². The number of hydrogen-bond donors (Lipinski definition) is 1. The molecule has 0 unspecified atom stereocenters. The van der Waals surface area contributed by atoms with E-state index in [0.717, 1.165) is 5.56 Å². The first-order chi connectivity index (χ1) is 15.4. The molecule has 32 heavy (non-hydrogen) atoms. The average Bonchev–Trinajstić information content (AvgIpc) is 2.80. The number of aryl methyl sites for hydroxylation is 1. The monoisotopic (exact) mass is 429 g/mol. The van der Waals surface area contributed by atoms with Crippen LogP contribution in [0.3, 0.4) is 0 Å². The Hall–Kier alpha value is -4.26. The summed E-state index contributed by atoms with van der Waals surface area (Å²) in [6.07, 6.45) is 0. The highest BCUT2D eigenvalue weighted by Gasteiger charge is 2.29. The van der Waals surface area contributed by atoms with Crippen molar-refractivity contribution in [3.8, 4) is 5.75 Å². The van der Waals surface area contributed by atoms with E-state index in [1.807, 2.05) is 19.1 Å². The molecule has 0 bridgehead atoms. The Morgan fingerprint density at radius 1 is 0.781 bits per heavy atom. The molecule has 1 aliphatic rings. The molecular formula is C25H19NO6. The zero-order valence-corrected chi connectivity index (χ0v) is 17.2. The van der Waals surface area contributed by atoms with E-state index in [1.54, 1.807) is 36.4 Å². The van der Waals surface area contributed by atoms with Gasteiger partial charge in [0.05, 0.1) is 0 Å². The minimum Gasteiger partial charge on any atom is -0.482 e. The largest absolute Gasteiger partial charge is 0.482 e. The van der Waals surface area contributed by atoms with Gasteiger partial charge in [0.2, 0.25) is 0 Å². The molecule has 0 aliphatic heterocycles. The van der Waals surface area contributed by atoms with Crippen LogP contribution in [0.5, 0.6) is 5.75 Å². The fourth-order valence-electron chi connectivity index (χ4n) is 3.42. The van der Waals surface area contributed by atoms with Crippen LogP contribution in [-0.4, -0.2) is 36.7 Å². The molecule has 0 radical (unpaired) electrons. The average molecular weight is 429 g/mol. The van der Waals surface area contributed by atoms with Gasteiger partial charge in [-0.05, 0) is 36.8 Å². The van der Waals surface area contributed by atoms with Crippen LogP contribution in [0, 0.1) is 6.92 Å². The van der Waals surface area contributed by atoms with Crippen molar-refractivity contribution < 1.29 is 28.7 Å². The smallest absolute Gasteiger partial charge is 0.344 e. The lowest BCUT2D eigenvalue weighted by Gasteiger charge is -2.18. The number of carbonyl (C=O) groups is 4. The molecule has 0 aromatic heterocycles. The summed E-state index contributed by atoms with van der Waals surface area (Å²) in [5.41, 5.74) is 2.39. The van der Waals surface area contributed by atoms with E-state index in [9.17, 15) is 19.2 Å². The van der Waals surface area contributed by atoms with Crippen LogP contribution in [-0.2, 0) is 14.3 Å². The number of carbonyl (C=O) groups excluding carboxylic acids is 4. The molecule has 3 aromatic carbocycles. The van der Waals surface area contributed by atoms with Crippen molar-refractivity contribution in [3.63, 3.8) is 0 Å². The van der Waals surface area contributed by atoms with Crippen molar-refractivity contribution in [1.82, 2.24) is 0 Å². The summed E-state index contributed by atoms with van der Waals surface area (Å²) in [6, 6.07) is 18.3. The maximum absolute atomic E-state index is 12.8. The second-order valence-corrected chi connectivity index (χ2v) is 7.23. The van der Waals surface area contributed by atoms with Crippen LogP contribution in [0.1, 0.15) is 37.4 Å².